The molecular weight excluding hydrogens is 332 g/mol. The van der Waals surface area contributed by atoms with E-state index in [1.165, 1.54) is 17.5 Å². The lowest BCUT2D eigenvalue weighted by Gasteiger charge is -2.20. The SMILES string of the molecule is Cc1[nH]nc2c1c(=O)n(CC(O)CN=[N+]=[N-])c1cc3c(cc21)CCCC3. The van der Waals surface area contributed by atoms with Gasteiger partial charge in [0.15, 0.2) is 0 Å². The van der Waals surface area contributed by atoms with Gasteiger partial charge in [0, 0.05) is 16.0 Å². The van der Waals surface area contributed by atoms with Crippen molar-refractivity contribution in [2.24, 2.45) is 5.11 Å². The quantitative estimate of drug-likeness (QED) is 0.427. The first-order chi connectivity index (χ1) is 12.6. The lowest BCUT2D eigenvalue weighted by molar-refractivity contribution is 0.162. The first kappa shape index (κ1) is 16.6. The second kappa shape index (κ2) is 6.48. The molecule has 1 aliphatic carbocycles. The largest absolute Gasteiger partial charge is 0.391 e. The van der Waals surface area contributed by atoms with Crippen LogP contribution >= 0.6 is 0 Å². The minimum absolute atomic E-state index is 0.0716. The lowest BCUT2D eigenvalue weighted by Crippen LogP contribution is -2.29. The number of nitrogens with zero attached hydrogens (tertiary/aromatic N) is 5. The summed E-state index contributed by atoms with van der Waals surface area (Å²) in [4.78, 5) is 15.8. The van der Waals surface area contributed by atoms with Crippen molar-refractivity contribution in [3.63, 3.8) is 0 Å². The molecule has 8 nitrogen and oxygen atoms in total. The summed E-state index contributed by atoms with van der Waals surface area (Å²) < 4.78 is 1.59. The van der Waals surface area contributed by atoms with E-state index in [-0.39, 0.29) is 18.6 Å². The van der Waals surface area contributed by atoms with Crippen LogP contribution in [0.15, 0.2) is 22.0 Å². The number of hydrogen-bond acceptors (Lipinski definition) is 4. The van der Waals surface area contributed by atoms with E-state index in [1.54, 1.807) is 4.57 Å². The van der Waals surface area contributed by atoms with Crippen molar-refractivity contribution in [3.8, 4) is 0 Å². The third-order valence-electron chi connectivity index (χ3n) is 5.16. The van der Waals surface area contributed by atoms with Crippen LogP contribution < -0.4 is 5.56 Å². The summed E-state index contributed by atoms with van der Waals surface area (Å²) in [5.41, 5.74) is 13.0. The Morgan fingerprint density at radius 2 is 2.12 bits per heavy atom. The molecule has 0 aliphatic heterocycles. The summed E-state index contributed by atoms with van der Waals surface area (Å²) in [7, 11) is 0. The van der Waals surface area contributed by atoms with Gasteiger partial charge in [0.2, 0.25) is 0 Å². The van der Waals surface area contributed by atoms with E-state index < -0.39 is 6.10 Å². The standard InChI is InChI=1S/C18H20N6O2/c1-10-16-17(22-21-10)14-6-11-4-2-3-5-12(11)7-15(14)24(18(16)26)9-13(25)8-20-23-19/h6-7,13,25H,2-5,8-9H2,1H3,(H,21,22). The number of fused-ring (bicyclic) bond motifs is 4. The molecule has 1 unspecified atom stereocenters. The number of azide groups is 1. The van der Waals surface area contributed by atoms with Crippen molar-refractivity contribution in [3.05, 3.63) is 49.8 Å². The number of nitrogens with one attached hydrogen (secondary N) is 1. The Hall–Kier alpha value is -2.83. The van der Waals surface area contributed by atoms with Crippen LogP contribution in [0.5, 0.6) is 0 Å². The molecule has 2 heterocycles. The molecule has 0 amide bonds. The summed E-state index contributed by atoms with van der Waals surface area (Å²) in [6, 6.07) is 4.21. The Kier molecular flexibility index (Phi) is 4.14. The zero-order chi connectivity index (χ0) is 18.3. The smallest absolute Gasteiger partial charge is 0.262 e. The number of aromatic amines is 1. The van der Waals surface area contributed by atoms with Crippen LogP contribution in [-0.4, -0.2) is 32.5 Å². The Morgan fingerprint density at radius 1 is 1.38 bits per heavy atom. The van der Waals surface area contributed by atoms with Gasteiger partial charge in [-0.05, 0) is 61.4 Å². The molecule has 26 heavy (non-hydrogen) atoms. The molecular formula is C18H20N6O2. The average molecular weight is 352 g/mol. The summed E-state index contributed by atoms with van der Waals surface area (Å²) in [6.07, 6.45) is 3.43. The number of hydrogen-bond donors (Lipinski definition) is 2. The van der Waals surface area contributed by atoms with Crippen molar-refractivity contribution in [2.45, 2.75) is 45.3 Å². The molecule has 0 spiro atoms. The molecule has 2 aromatic heterocycles. The van der Waals surface area contributed by atoms with Crippen molar-refractivity contribution in [1.82, 2.24) is 14.8 Å². The summed E-state index contributed by atoms with van der Waals surface area (Å²) in [5.74, 6) is 0. The third-order valence-corrected chi connectivity index (χ3v) is 5.16. The normalized spacial score (nSPS) is 15.0. The number of benzene rings is 1. The fraction of sp³-hybridized carbons (Fsp3) is 0.444. The van der Waals surface area contributed by atoms with Gasteiger partial charge in [0.05, 0.1) is 30.1 Å². The van der Waals surface area contributed by atoms with Crippen LogP contribution in [0.4, 0.5) is 0 Å². The molecule has 0 bridgehead atoms. The Balaban J connectivity index is 2.00. The van der Waals surface area contributed by atoms with Gasteiger partial charge >= 0.3 is 0 Å². The van der Waals surface area contributed by atoms with Gasteiger partial charge in [-0.2, -0.15) is 5.10 Å². The highest BCUT2D eigenvalue weighted by atomic mass is 16.3. The minimum atomic E-state index is -0.924. The average Bonchev–Trinajstić information content (AvgIpc) is 3.04. The second-order valence-electron chi connectivity index (χ2n) is 6.90. The van der Waals surface area contributed by atoms with Gasteiger partial charge in [-0.3, -0.25) is 9.89 Å². The third kappa shape index (κ3) is 2.64. The van der Waals surface area contributed by atoms with Gasteiger partial charge < -0.3 is 9.67 Å². The van der Waals surface area contributed by atoms with E-state index in [9.17, 15) is 9.90 Å². The Labute approximate surface area is 149 Å². The first-order valence-corrected chi connectivity index (χ1v) is 8.82. The zero-order valence-electron chi connectivity index (χ0n) is 14.6. The van der Waals surface area contributed by atoms with Crippen LogP contribution in [-0.2, 0) is 19.4 Å². The van der Waals surface area contributed by atoms with E-state index in [1.807, 2.05) is 6.92 Å². The van der Waals surface area contributed by atoms with Gasteiger partial charge in [0.1, 0.15) is 5.52 Å². The van der Waals surface area contributed by atoms with Crippen molar-refractivity contribution in [2.75, 3.05) is 6.54 Å². The first-order valence-electron chi connectivity index (χ1n) is 8.82. The molecule has 1 atom stereocenters. The van der Waals surface area contributed by atoms with Gasteiger partial charge in [0.25, 0.3) is 5.56 Å². The fourth-order valence-electron chi connectivity index (χ4n) is 3.90. The van der Waals surface area contributed by atoms with Crippen LogP contribution in [0.3, 0.4) is 0 Å². The number of aliphatic hydroxyl groups is 1. The number of H-pyrrole nitrogens is 1. The van der Waals surface area contributed by atoms with Gasteiger partial charge in [-0.15, -0.1) is 0 Å². The maximum absolute atomic E-state index is 13.1. The molecule has 8 heteroatoms. The predicted octanol–water partition coefficient (Wildman–Crippen LogP) is 2.74. The van der Waals surface area contributed by atoms with Crippen LogP contribution in [0, 0.1) is 6.92 Å². The minimum Gasteiger partial charge on any atom is -0.391 e. The molecule has 2 N–H and O–H groups in total. The van der Waals surface area contributed by atoms with E-state index in [0.29, 0.717) is 16.6 Å². The van der Waals surface area contributed by atoms with Crippen LogP contribution in [0.25, 0.3) is 32.2 Å². The van der Waals surface area contributed by atoms with Crippen molar-refractivity contribution in [1.29, 1.82) is 0 Å². The Morgan fingerprint density at radius 3 is 2.85 bits per heavy atom. The topological polar surface area (TPSA) is 120 Å². The zero-order valence-corrected chi connectivity index (χ0v) is 14.6. The summed E-state index contributed by atoms with van der Waals surface area (Å²) in [6.45, 7) is 1.83. The van der Waals surface area contributed by atoms with E-state index in [4.69, 9.17) is 5.53 Å². The molecule has 4 rings (SSSR count). The molecule has 134 valence electrons. The van der Waals surface area contributed by atoms with Crippen molar-refractivity contribution >= 4 is 21.8 Å². The van der Waals surface area contributed by atoms with Crippen LogP contribution in [0.1, 0.15) is 29.7 Å². The fourth-order valence-corrected chi connectivity index (χ4v) is 3.90. The lowest BCUT2D eigenvalue weighted by atomic mass is 9.90. The summed E-state index contributed by atoms with van der Waals surface area (Å²) >= 11 is 0. The number of aryl methyl sites for hydroxylation is 3. The van der Waals surface area contributed by atoms with Gasteiger partial charge in [-0.1, -0.05) is 5.11 Å². The molecule has 0 fully saturated rings. The molecule has 1 aliphatic rings. The maximum Gasteiger partial charge on any atom is 0.262 e. The molecule has 1 aromatic carbocycles. The second-order valence-corrected chi connectivity index (χ2v) is 6.90. The maximum atomic E-state index is 13.1. The number of pyridine rings is 1. The molecule has 3 aromatic rings. The van der Waals surface area contributed by atoms with E-state index in [2.05, 4.69) is 32.4 Å². The number of aromatic nitrogens is 3. The van der Waals surface area contributed by atoms with E-state index in [0.717, 1.165) is 30.2 Å². The van der Waals surface area contributed by atoms with Crippen LogP contribution in [0.2, 0.25) is 0 Å². The van der Waals surface area contributed by atoms with Crippen molar-refractivity contribution < 1.29 is 5.11 Å². The Bertz CT molecular complexity index is 1110. The molecule has 0 saturated carbocycles. The van der Waals surface area contributed by atoms with E-state index >= 15 is 0 Å². The number of aliphatic hydroxyl groups excluding tert-OH is 1. The molecule has 0 saturated heterocycles. The monoisotopic (exact) mass is 352 g/mol. The predicted molar refractivity (Wildman–Crippen MR) is 99.3 cm³/mol. The highest BCUT2D eigenvalue weighted by Crippen LogP contribution is 2.30. The highest BCUT2D eigenvalue weighted by molar-refractivity contribution is 6.04. The number of rotatable bonds is 4. The highest BCUT2D eigenvalue weighted by Gasteiger charge is 2.20. The summed E-state index contributed by atoms with van der Waals surface area (Å²) in [5, 5.41) is 22.3. The van der Waals surface area contributed by atoms with Gasteiger partial charge in [-0.25, -0.2) is 0 Å². The molecule has 0 radical (unpaired) electrons.